The highest BCUT2D eigenvalue weighted by molar-refractivity contribution is 6.05. The molecule has 3 atom stereocenters. The van der Waals surface area contributed by atoms with Gasteiger partial charge in [0.1, 0.15) is 23.4 Å². The first kappa shape index (κ1) is 24.8. The lowest BCUT2D eigenvalue weighted by molar-refractivity contribution is 0.0135. The van der Waals surface area contributed by atoms with Crippen LogP contribution in [0.5, 0.6) is 0 Å². The topological polar surface area (TPSA) is 146 Å². The number of ether oxygens (including phenoxy) is 1. The van der Waals surface area contributed by atoms with Crippen LogP contribution < -0.4 is 11.1 Å². The number of rotatable bonds is 4. The summed E-state index contributed by atoms with van der Waals surface area (Å²) in [6.07, 6.45) is 6.23. The summed E-state index contributed by atoms with van der Waals surface area (Å²) in [5.74, 6) is 0.454. The number of nitrogens with zero attached hydrogens (tertiary/aromatic N) is 7. The first-order chi connectivity index (χ1) is 18.6. The number of aryl methyl sites for hydroxylation is 1. The molecule has 3 aromatic heterocycles. The van der Waals surface area contributed by atoms with E-state index in [0.717, 1.165) is 18.4 Å². The molecule has 1 aromatic carbocycles. The summed E-state index contributed by atoms with van der Waals surface area (Å²) in [6, 6.07) is 7.05. The minimum absolute atomic E-state index is 0.0458. The van der Waals surface area contributed by atoms with Gasteiger partial charge in [-0.3, -0.25) is 9.48 Å². The zero-order valence-corrected chi connectivity index (χ0v) is 22.3. The fraction of sp³-hybridized carbons (Fsp3) is 0.407. The Hall–Kier alpha value is -4.48. The second kappa shape index (κ2) is 9.07. The van der Waals surface area contributed by atoms with Gasteiger partial charge in [0.25, 0.3) is 5.91 Å². The Morgan fingerprint density at radius 1 is 1.10 bits per heavy atom. The van der Waals surface area contributed by atoms with E-state index in [4.69, 9.17) is 15.6 Å². The summed E-state index contributed by atoms with van der Waals surface area (Å²) in [5, 5.41) is 12.5. The number of amides is 2. The summed E-state index contributed by atoms with van der Waals surface area (Å²) >= 11 is 0. The molecule has 3 N–H and O–H groups in total. The van der Waals surface area contributed by atoms with Gasteiger partial charge in [-0.2, -0.15) is 10.2 Å². The number of piperidine rings is 1. The summed E-state index contributed by atoms with van der Waals surface area (Å²) in [6.45, 7) is 6.30. The van der Waals surface area contributed by atoms with Crippen LogP contribution >= 0.6 is 0 Å². The predicted octanol–water partition coefficient (Wildman–Crippen LogP) is 3.63. The first-order valence-corrected chi connectivity index (χ1v) is 13.0. The normalized spacial score (nSPS) is 20.5. The standard InChI is InChI=1S/C27H31N9O3/c1-27(2,3)39-26(38)35-12-15-9-19(35)20(10-15)36-24-21(23(28)29-14-30-24)22(33-36)16-5-7-17(8-6-16)25(37)32-18-11-31-34(4)13-18/h5-8,11,13-15,19-20H,9-10,12H2,1-4H3,(H,32,37)(H2,28,29,30). The maximum Gasteiger partial charge on any atom is 0.410 e. The van der Waals surface area contributed by atoms with Crippen LogP contribution in [-0.2, 0) is 11.8 Å². The van der Waals surface area contributed by atoms with Crippen molar-refractivity contribution in [3.05, 3.63) is 48.5 Å². The lowest BCUT2D eigenvalue weighted by atomic mass is 10.1. The smallest absolute Gasteiger partial charge is 0.410 e. The molecule has 6 rings (SSSR count). The first-order valence-electron chi connectivity index (χ1n) is 13.0. The van der Waals surface area contributed by atoms with E-state index in [9.17, 15) is 9.59 Å². The second-order valence-electron chi connectivity index (χ2n) is 11.3. The average Bonchev–Trinajstić information content (AvgIpc) is 3.66. The molecule has 4 heterocycles. The van der Waals surface area contributed by atoms with Crippen molar-refractivity contribution in [1.29, 1.82) is 0 Å². The molecule has 2 fully saturated rings. The van der Waals surface area contributed by atoms with Crippen molar-refractivity contribution in [2.75, 3.05) is 17.6 Å². The van der Waals surface area contributed by atoms with Crippen molar-refractivity contribution in [2.45, 2.75) is 51.3 Å². The van der Waals surface area contributed by atoms with Crippen molar-refractivity contribution in [3.63, 3.8) is 0 Å². The highest BCUT2D eigenvalue weighted by atomic mass is 16.6. The number of hydrogen-bond donors (Lipinski definition) is 2. The molecule has 1 aliphatic heterocycles. The molecule has 12 heteroatoms. The number of carbonyl (C=O) groups excluding carboxylic acids is 2. The molecule has 4 aromatic rings. The van der Waals surface area contributed by atoms with Gasteiger partial charge in [0, 0.05) is 30.9 Å². The van der Waals surface area contributed by atoms with Gasteiger partial charge in [-0.15, -0.1) is 0 Å². The van der Waals surface area contributed by atoms with Gasteiger partial charge in [0.2, 0.25) is 0 Å². The molecule has 202 valence electrons. The second-order valence-corrected chi connectivity index (χ2v) is 11.3. The van der Waals surface area contributed by atoms with E-state index < -0.39 is 5.60 Å². The number of hydrogen-bond acceptors (Lipinski definition) is 8. The van der Waals surface area contributed by atoms with Crippen LogP contribution in [0.15, 0.2) is 43.0 Å². The lowest BCUT2D eigenvalue weighted by Crippen LogP contribution is -2.45. The molecule has 1 saturated carbocycles. The van der Waals surface area contributed by atoms with Crippen molar-refractivity contribution >= 4 is 34.5 Å². The van der Waals surface area contributed by atoms with Crippen LogP contribution in [0.3, 0.4) is 0 Å². The summed E-state index contributed by atoms with van der Waals surface area (Å²) < 4.78 is 9.20. The third-order valence-electron chi connectivity index (χ3n) is 7.29. The Morgan fingerprint density at radius 3 is 2.51 bits per heavy atom. The van der Waals surface area contributed by atoms with Crippen molar-refractivity contribution in [3.8, 4) is 11.3 Å². The fourth-order valence-corrected chi connectivity index (χ4v) is 5.68. The van der Waals surface area contributed by atoms with Gasteiger partial charge in [0.05, 0.1) is 29.4 Å². The zero-order chi connectivity index (χ0) is 27.5. The van der Waals surface area contributed by atoms with Gasteiger partial charge in [-0.25, -0.2) is 19.4 Å². The SMILES string of the molecule is Cn1cc(NC(=O)c2ccc(-c3nn(C4CC5CC4N(C(=O)OC(C)(C)C)C5)c4ncnc(N)c34)cc2)cn1. The molecule has 2 amide bonds. The number of nitrogens with two attached hydrogens (primary N) is 1. The van der Waals surface area contributed by atoms with Gasteiger partial charge in [0.15, 0.2) is 5.65 Å². The van der Waals surface area contributed by atoms with Crippen LogP contribution in [0.2, 0.25) is 0 Å². The zero-order valence-electron chi connectivity index (χ0n) is 22.3. The minimum atomic E-state index is -0.567. The predicted molar refractivity (Wildman–Crippen MR) is 145 cm³/mol. The molecule has 2 bridgehead atoms. The molecule has 0 radical (unpaired) electrons. The van der Waals surface area contributed by atoms with Gasteiger partial charge >= 0.3 is 6.09 Å². The van der Waals surface area contributed by atoms with Crippen molar-refractivity contribution in [2.24, 2.45) is 13.0 Å². The molecule has 39 heavy (non-hydrogen) atoms. The van der Waals surface area contributed by atoms with E-state index >= 15 is 0 Å². The molecule has 1 aliphatic carbocycles. The number of likely N-dealkylation sites (tertiary alicyclic amines) is 1. The van der Waals surface area contributed by atoms with E-state index in [-0.39, 0.29) is 24.1 Å². The van der Waals surface area contributed by atoms with Crippen LogP contribution in [-0.4, -0.2) is 64.6 Å². The van der Waals surface area contributed by atoms with E-state index in [0.29, 0.717) is 46.3 Å². The van der Waals surface area contributed by atoms with Gasteiger partial charge < -0.3 is 20.7 Å². The number of benzene rings is 1. The largest absolute Gasteiger partial charge is 0.444 e. The summed E-state index contributed by atoms with van der Waals surface area (Å²) in [4.78, 5) is 36.3. The van der Waals surface area contributed by atoms with Crippen LogP contribution in [0, 0.1) is 5.92 Å². The summed E-state index contributed by atoms with van der Waals surface area (Å²) in [5.41, 5.74) is 8.92. The molecule has 1 saturated heterocycles. The lowest BCUT2D eigenvalue weighted by Gasteiger charge is -2.34. The maximum absolute atomic E-state index is 13.0. The Labute approximate surface area is 225 Å². The molecule has 12 nitrogen and oxygen atoms in total. The molecular weight excluding hydrogens is 498 g/mol. The Balaban J connectivity index is 1.31. The highest BCUT2D eigenvalue weighted by Gasteiger charge is 2.49. The average molecular weight is 530 g/mol. The number of nitrogens with one attached hydrogen (secondary N) is 1. The quantitative estimate of drug-likeness (QED) is 0.407. The fourth-order valence-electron chi connectivity index (χ4n) is 5.68. The number of nitrogen functional groups attached to an aromatic ring is 1. The van der Waals surface area contributed by atoms with Crippen LogP contribution in [0.25, 0.3) is 22.3 Å². The Kier molecular flexibility index (Phi) is 5.77. The molecular formula is C27H31N9O3. The summed E-state index contributed by atoms with van der Waals surface area (Å²) in [7, 11) is 1.79. The number of fused-ring (bicyclic) bond motifs is 3. The van der Waals surface area contributed by atoms with E-state index in [1.165, 1.54) is 6.33 Å². The van der Waals surface area contributed by atoms with Crippen molar-refractivity contribution in [1.82, 2.24) is 34.4 Å². The minimum Gasteiger partial charge on any atom is -0.444 e. The Morgan fingerprint density at radius 2 is 1.85 bits per heavy atom. The highest BCUT2D eigenvalue weighted by Crippen LogP contribution is 2.46. The van der Waals surface area contributed by atoms with Crippen LogP contribution in [0.4, 0.5) is 16.3 Å². The van der Waals surface area contributed by atoms with Crippen LogP contribution in [0.1, 0.15) is 50.0 Å². The van der Waals surface area contributed by atoms with E-state index in [2.05, 4.69) is 20.4 Å². The van der Waals surface area contributed by atoms with Crippen molar-refractivity contribution < 1.29 is 14.3 Å². The maximum atomic E-state index is 13.0. The van der Waals surface area contributed by atoms with E-state index in [1.807, 2.05) is 42.5 Å². The van der Waals surface area contributed by atoms with Gasteiger partial charge in [-0.05, 0) is 51.7 Å². The third-order valence-corrected chi connectivity index (χ3v) is 7.29. The molecule has 0 spiro atoms. The molecule has 2 aliphatic rings. The van der Waals surface area contributed by atoms with Gasteiger partial charge in [-0.1, -0.05) is 12.1 Å². The van der Waals surface area contributed by atoms with E-state index in [1.54, 1.807) is 36.3 Å². The number of aromatic nitrogens is 6. The number of carbonyl (C=O) groups is 2. The Bertz CT molecular complexity index is 1570. The third kappa shape index (κ3) is 4.55. The number of anilines is 2. The molecule has 3 unspecified atom stereocenters. The monoisotopic (exact) mass is 529 g/mol.